The summed E-state index contributed by atoms with van der Waals surface area (Å²) in [6.07, 6.45) is 6.50. The molecule has 0 radical (unpaired) electrons. The number of aromatic nitrogens is 1. The lowest BCUT2D eigenvalue weighted by Crippen LogP contribution is -2.13. The number of benzene rings is 1. The number of hydrogen-bond donors (Lipinski definition) is 1. The molecule has 0 atom stereocenters. The fourth-order valence-electron chi connectivity index (χ4n) is 3.09. The number of nitriles is 1. The number of hydrogen-bond acceptors (Lipinski definition) is 2. The number of nitrogens with zero attached hydrogens (tertiary/aromatic N) is 2. The van der Waals surface area contributed by atoms with Crippen LogP contribution in [0, 0.1) is 16.7 Å². The molecule has 0 amide bonds. The molecule has 2 aromatic rings. The molecule has 110 valence electrons. The molecule has 1 aromatic heterocycles. The van der Waals surface area contributed by atoms with Gasteiger partial charge in [0.25, 0.3) is 0 Å². The Kier molecular flexibility index (Phi) is 3.98. The number of nitrogens with one attached hydrogen (secondary N) is 1. The summed E-state index contributed by atoms with van der Waals surface area (Å²) in [5, 5.41) is 13.8. The molecule has 3 heteroatoms. The summed E-state index contributed by atoms with van der Waals surface area (Å²) in [6.45, 7) is 5.15. The Balaban J connectivity index is 1.87. The highest BCUT2D eigenvalue weighted by Crippen LogP contribution is 2.50. The molecule has 0 unspecified atom stereocenters. The fraction of sp³-hybridized carbons (Fsp3) is 0.500. The second kappa shape index (κ2) is 5.91. The Morgan fingerprint density at radius 3 is 2.86 bits per heavy atom. The summed E-state index contributed by atoms with van der Waals surface area (Å²) in [4.78, 5) is 0. The maximum absolute atomic E-state index is 9.01. The van der Waals surface area contributed by atoms with Crippen molar-refractivity contribution in [1.82, 2.24) is 9.88 Å². The summed E-state index contributed by atoms with van der Waals surface area (Å²) in [5.74, 6) is 0. The van der Waals surface area contributed by atoms with Crippen LogP contribution in [-0.4, -0.2) is 11.1 Å². The van der Waals surface area contributed by atoms with Gasteiger partial charge in [-0.3, -0.25) is 0 Å². The van der Waals surface area contributed by atoms with Crippen LogP contribution in [-0.2, 0) is 13.1 Å². The third kappa shape index (κ3) is 2.96. The lowest BCUT2D eigenvalue weighted by Gasteiger charge is -2.13. The first-order chi connectivity index (χ1) is 10.3. The molecule has 21 heavy (non-hydrogen) atoms. The summed E-state index contributed by atoms with van der Waals surface area (Å²) < 4.78 is 2.36. The standard InChI is InChI=1S/C18H23N3/c1-2-11-20-12-15-13-21(14-18(7-8-18)9-10-19)17-6-4-3-5-16(15)17/h3-6,13,20H,2,7-9,11-12,14H2,1H3. The van der Waals surface area contributed by atoms with Gasteiger partial charge in [-0.15, -0.1) is 0 Å². The largest absolute Gasteiger partial charge is 0.347 e. The molecule has 1 N–H and O–H groups in total. The van der Waals surface area contributed by atoms with Crippen LogP contribution in [0.1, 0.15) is 38.2 Å². The van der Waals surface area contributed by atoms with E-state index in [1.165, 1.54) is 29.3 Å². The Hall–Kier alpha value is -1.79. The van der Waals surface area contributed by atoms with Crippen LogP contribution in [0.25, 0.3) is 10.9 Å². The Labute approximate surface area is 126 Å². The normalized spacial score (nSPS) is 16.0. The summed E-state index contributed by atoms with van der Waals surface area (Å²) in [5.41, 5.74) is 2.91. The molecule has 1 aromatic carbocycles. The Bertz CT molecular complexity index is 659. The van der Waals surface area contributed by atoms with E-state index in [1.807, 2.05) is 0 Å². The predicted octanol–water partition coefficient (Wildman–Crippen LogP) is 3.83. The Morgan fingerprint density at radius 2 is 2.14 bits per heavy atom. The minimum atomic E-state index is 0.241. The molecular formula is C18H23N3. The zero-order valence-corrected chi connectivity index (χ0v) is 12.7. The van der Waals surface area contributed by atoms with Gasteiger partial charge in [-0.1, -0.05) is 25.1 Å². The third-order valence-corrected chi connectivity index (χ3v) is 4.53. The zero-order chi connectivity index (χ0) is 14.7. The minimum Gasteiger partial charge on any atom is -0.347 e. The van der Waals surface area contributed by atoms with Crippen molar-refractivity contribution in [2.24, 2.45) is 5.41 Å². The van der Waals surface area contributed by atoms with Crippen molar-refractivity contribution < 1.29 is 0 Å². The molecular weight excluding hydrogens is 258 g/mol. The Morgan fingerprint density at radius 1 is 1.33 bits per heavy atom. The van der Waals surface area contributed by atoms with E-state index >= 15 is 0 Å². The summed E-state index contributed by atoms with van der Waals surface area (Å²) >= 11 is 0. The number of fused-ring (bicyclic) bond motifs is 1. The minimum absolute atomic E-state index is 0.241. The van der Waals surface area contributed by atoms with Crippen LogP contribution >= 0.6 is 0 Å². The highest BCUT2D eigenvalue weighted by Gasteiger charge is 2.42. The van der Waals surface area contributed by atoms with Crippen molar-refractivity contribution >= 4 is 10.9 Å². The molecule has 0 spiro atoms. The molecule has 0 saturated heterocycles. The van der Waals surface area contributed by atoms with Crippen molar-refractivity contribution in [3.8, 4) is 6.07 Å². The van der Waals surface area contributed by atoms with Crippen LogP contribution < -0.4 is 5.32 Å². The molecule has 0 aliphatic heterocycles. The van der Waals surface area contributed by atoms with Gasteiger partial charge in [0, 0.05) is 42.0 Å². The second-order valence-corrected chi connectivity index (χ2v) is 6.31. The number of para-hydroxylation sites is 1. The molecule has 0 bridgehead atoms. The smallest absolute Gasteiger partial charge is 0.0628 e. The van der Waals surface area contributed by atoms with Crippen molar-refractivity contribution in [3.63, 3.8) is 0 Å². The van der Waals surface area contributed by atoms with Gasteiger partial charge in [0.15, 0.2) is 0 Å². The van der Waals surface area contributed by atoms with Crippen LogP contribution in [0.15, 0.2) is 30.5 Å². The molecule has 1 aliphatic carbocycles. The average molecular weight is 281 g/mol. The van der Waals surface area contributed by atoms with Gasteiger partial charge in [-0.2, -0.15) is 5.26 Å². The van der Waals surface area contributed by atoms with Gasteiger partial charge in [0.1, 0.15) is 0 Å². The van der Waals surface area contributed by atoms with E-state index in [2.05, 4.69) is 53.3 Å². The van der Waals surface area contributed by atoms with E-state index in [1.54, 1.807) is 0 Å². The van der Waals surface area contributed by atoms with Crippen LogP contribution in [0.3, 0.4) is 0 Å². The van der Waals surface area contributed by atoms with E-state index in [4.69, 9.17) is 5.26 Å². The van der Waals surface area contributed by atoms with Crippen molar-refractivity contribution in [2.75, 3.05) is 6.54 Å². The van der Waals surface area contributed by atoms with Crippen LogP contribution in [0.2, 0.25) is 0 Å². The van der Waals surface area contributed by atoms with E-state index in [9.17, 15) is 0 Å². The first kappa shape index (κ1) is 14.2. The van der Waals surface area contributed by atoms with E-state index in [-0.39, 0.29) is 5.41 Å². The lowest BCUT2D eigenvalue weighted by atomic mass is 10.0. The quantitative estimate of drug-likeness (QED) is 0.783. The maximum Gasteiger partial charge on any atom is 0.0628 e. The van der Waals surface area contributed by atoms with Gasteiger partial charge in [-0.05, 0) is 37.4 Å². The highest BCUT2D eigenvalue weighted by atomic mass is 15.0. The zero-order valence-electron chi connectivity index (χ0n) is 12.7. The van der Waals surface area contributed by atoms with Gasteiger partial charge in [0.05, 0.1) is 6.07 Å². The molecule has 3 nitrogen and oxygen atoms in total. The van der Waals surface area contributed by atoms with Crippen molar-refractivity contribution in [2.45, 2.75) is 45.7 Å². The second-order valence-electron chi connectivity index (χ2n) is 6.31. The number of rotatable bonds is 7. The van der Waals surface area contributed by atoms with Gasteiger partial charge in [-0.25, -0.2) is 0 Å². The first-order valence-corrected chi connectivity index (χ1v) is 7.92. The van der Waals surface area contributed by atoms with Gasteiger partial charge >= 0.3 is 0 Å². The molecule has 3 rings (SSSR count). The fourth-order valence-corrected chi connectivity index (χ4v) is 3.09. The summed E-state index contributed by atoms with van der Waals surface area (Å²) in [6, 6.07) is 11.0. The van der Waals surface area contributed by atoms with Gasteiger partial charge in [0.2, 0.25) is 0 Å². The van der Waals surface area contributed by atoms with E-state index in [0.717, 1.165) is 26.1 Å². The topological polar surface area (TPSA) is 40.8 Å². The predicted molar refractivity (Wildman–Crippen MR) is 85.8 cm³/mol. The van der Waals surface area contributed by atoms with Gasteiger partial charge < -0.3 is 9.88 Å². The van der Waals surface area contributed by atoms with Crippen molar-refractivity contribution in [1.29, 1.82) is 5.26 Å². The van der Waals surface area contributed by atoms with Crippen LogP contribution in [0.4, 0.5) is 0 Å². The molecule has 1 saturated carbocycles. The van der Waals surface area contributed by atoms with E-state index < -0.39 is 0 Å². The SMILES string of the molecule is CCCNCc1cn(CC2(CC#N)CC2)c2ccccc12. The third-order valence-electron chi connectivity index (χ3n) is 4.53. The first-order valence-electron chi connectivity index (χ1n) is 7.92. The van der Waals surface area contributed by atoms with E-state index in [0.29, 0.717) is 6.42 Å². The maximum atomic E-state index is 9.01. The highest BCUT2D eigenvalue weighted by molar-refractivity contribution is 5.84. The van der Waals surface area contributed by atoms with Crippen LogP contribution in [0.5, 0.6) is 0 Å². The van der Waals surface area contributed by atoms with Crippen molar-refractivity contribution in [3.05, 3.63) is 36.0 Å². The lowest BCUT2D eigenvalue weighted by molar-refractivity contribution is 0.439. The molecule has 1 fully saturated rings. The summed E-state index contributed by atoms with van der Waals surface area (Å²) in [7, 11) is 0. The monoisotopic (exact) mass is 281 g/mol. The average Bonchev–Trinajstić information content (AvgIpc) is 3.16. The molecule has 1 heterocycles. The molecule has 1 aliphatic rings.